The van der Waals surface area contributed by atoms with Crippen LogP contribution < -0.4 is 4.74 Å². The topological polar surface area (TPSA) is 9.23 Å². The summed E-state index contributed by atoms with van der Waals surface area (Å²) in [5.41, 5.74) is 1.37. The van der Waals surface area contributed by atoms with Crippen molar-refractivity contribution in [1.82, 2.24) is 0 Å². The second-order valence-electron chi connectivity index (χ2n) is 2.45. The average molecular weight is 264 g/mol. The van der Waals surface area contributed by atoms with Crippen molar-refractivity contribution in [2.24, 2.45) is 0 Å². The van der Waals surface area contributed by atoms with Gasteiger partial charge in [0.2, 0.25) is 0 Å². The molecule has 2 heteroatoms. The van der Waals surface area contributed by atoms with E-state index >= 15 is 0 Å². The van der Waals surface area contributed by atoms with Crippen molar-refractivity contribution in [3.63, 3.8) is 0 Å². The zero-order chi connectivity index (χ0) is 8.27. The normalized spacial score (nSPS) is 12.6. The summed E-state index contributed by atoms with van der Waals surface area (Å²) in [5, 5.41) is 0. The summed E-state index contributed by atoms with van der Waals surface area (Å²) in [4.78, 5) is 0. The van der Waals surface area contributed by atoms with E-state index in [2.05, 4.69) is 19.1 Å². The molecule has 11 heavy (non-hydrogen) atoms. The fourth-order valence-corrected chi connectivity index (χ4v) is 1.37. The molecule has 1 rings (SSSR count). The van der Waals surface area contributed by atoms with E-state index in [1.54, 1.807) is 7.11 Å². The van der Waals surface area contributed by atoms with Gasteiger partial charge in [-0.1, -0.05) is 0 Å². The molecule has 0 aliphatic rings. The minimum atomic E-state index is 0.648. The van der Waals surface area contributed by atoms with E-state index < -0.39 is 0 Å². The monoisotopic (exact) mass is 266 g/mol. The zero-order valence-electron chi connectivity index (χ0n) is 6.74. The van der Waals surface area contributed by atoms with Crippen LogP contribution in [0.3, 0.4) is 0 Å². The van der Waals surface area contributed by atoms with Gasteiger partial charge in [-0.3, -0.25) is 0 Å². The predicted octanol–water partition coefficient (Wildman–Crippen LogP) is 1.66. The summed E-state index contributed by atoms with van der Waals surface area (Å²) in [6.45, 7) is 2.20. The third kappa shape index (κ3) is 2.39. The van der Waals surface area contributed by atoms with E-state index in [1.165, 1.54) is 5.56 Å². The van der Waals surface area contributed by atoms with Gasteiger partial charge in [-0.05, 0) is 0 Å². The molecule has 0 saturated carbocycles. The first-order valence-corrected chi connectivity index (χ1v) is 5.03. The fraction of sp³-hybridized carbons (Fsp3) is 0.333. The van der Waals surface area contributed by atoms with Gasteiger partial charge in [0.05, 0.1) is 0 Å². The van der Waals surface area contributed by atoms with Gasteiger partial charge in [0.25, 0.3) is 0 Å². The van der Waals surface area contributed by atoms with Crippen molar-refractivity contribution in [1.29, 1.82) is 0 Å². The Morgan fingerprint density at radius 3 is 2.18 bits per heavy atom. The summed E-state index contributed by atoms with van der Waals surface area (Å²) in [6.07, 6.45) is 0. The third-order valence-electron chi connectivity index (χ3n) is 1.60. The number of hydrogen-bond donors (Lipinski definition) is 0. The Hall–Kier alpha value is -0.190. The molecule has 0 spiro atoms. The van der Waals surface area contributed by atoms with Crippen LogP contribution in [0.4, 0.5) is 0 Å². The number of hydrogen-bond acceptors (Lipinski definition) is 1. The van der Waals surface area contributed by atoms with Crippen LogP contribution in [0, 0.1) is 0 Å². The third-order valence-corrected chi connectivity index (χ3v) is 2.45. The van der Waals surface area contributed by atoms with Crippen molar-refractivity contribution in [2.45, 2.75) is 10.9 Å². The number of ether oxygens (including phenoxy) is 1. The van der Waals surface area contributed by atoms with E-state index in [1.807, 2.05) is 34.4 Å². The van der Waals surface area contributed by atoms with Crippen molar-refractivity contribution >= 4 is 22.3 Å². The van der Waals surface area contributed by atoms with Crippen LogP contribution in [0.15, 0.2) is 24.3 Å². The molecule has 0 bridgehead atoms. The second-order valence-corrected chi connectivity index (χ2v) is 4.66. The molecule has 1 unspecified atom stereocenters. The van der Waals surface area contributed by atoms with Gasteiger partial charge in [0, 0.05) is 0 Å². The molecule has 0 aliphatic carbocycles. The molecule has 0 N–H and O–H groups in total. The maximum atomic E-state index is 5.05. The van der Waals surface area contributed by atoms with Gasteiger partial charge >= 0.3 is 80.6 Å². The van der Waals surface area contributed by atoms with E-state index in [-0.39, 0.29) is 0 Å². The van der Waals surface area contributed by atoms with E-state index in [0.29, 0.717) is 3.97 Å². The summed E-state index contributed by atoms with van der Waals surface area (Å²) >= 11 is 1.83. The van der Waals surface area contributed by atoms with Crippen LogP contribution >= 0.6 is 0 Å². The Morgan fingerprint density at radius 2 is 1.82 bits per heavy atom. The van der Waals surface area contributed by atoms with Crippen molar-refractivity contribution in [3.8, 4) is 5.75 Å². The summed E-state index contributed by atoms with van der Waals surface area (Å²) < 4.78 is 5.70. The van der Waals surface area contributed by atoms with Crippen molar-refractivity contribution in [3.05, 3.63) is 29.8 Å². The summed E-state index contributed by atoms with van der Waals surface area (Å²) in [5.74, 6) is 0.931. The average Bonchev–Trinajstić information content (AvgIpc) is 2.05. The van der Waals surface area contributed by atoms with E-state index in [4.69, 9.17) is 4.74 Å². The van der Waals surface area contributed by atoms with Crippen molar-refractivity contribution in [2.75, 3.05) is 7.11 Å². The van der Waals surface area contributed by atoms with Gasteiger partial charge < -0.3 is 0 Å². The van der Waals surface area contributed by atoms with Crippen LogP contribution in [-0.4, -0.2) is 29.4 Å². The number of rotatable bonds is 2. The van der Waals surface area contributed by atoms with Gasteiger partial charge in [-0.25, -0.2) is 0 Å². The maximum absolute atomic E-state index is 5.05. The minimum absolute atomic E-state index is 0.648. The predicted molar refractivity (Wildman–Crippen MR) is 48.6 cm³/mol. The molecule has 0 heterocycles. The molecule has 1 aromatic carbocycles. The number of methoxy groups -OCH3 is 1. The first kappa shape index (κ1) is 8.90. The molecule has 0 radical (unpaired) electrons. The standard InChI is InChI=1S/C9H12OTe/c1-7(11)8-3-5-9(10-2)6-4-8/h3-7,11H,1-2H3. The molecule has 60 valence electrons. The Labute approximate surface area is 80.7 Å². The van der Waals surface area contributed by atoms with Crippen LogP contribution in [0.5, 0.6) is 5.75 Å². The van der Waals surface area contributed by atoms with Crippen molar-refractivity contribution < 1.29 is 4.74 Å². The Kier molecular flexibility index (Phi) is 3.23. The molecular formula is C9H12OTe. The molecule has 0 aliphatic heterocycles. The molecule has 1 nitrogen and oxygen atoms in total. The quantitative estimate of drug-likeness (QED) is 0.738. The summed E-state index contributed by atoms with van der Waals surface area (Å²) in [7, 11) is 1.69. The van der Waals surface area contributed by atoms with Crippen LogP contribution in [0.1, 0.15) is 16.5 Å². The van der Waals surface area contributed by atoms with Gasteiger partial charge in [0.15, 0.2) is 0 Å². The van der Waals surface area contributed by atoms with E-state index in [0.717, 1.165) is 5.75 Å². The van der Waals surface area contributed by atoms with E-state index in [9.17, 15) is 0 Å². The van der Waals surface area contributed by atoms with Crippen LogP contribution in [0.2, 0.25) is 0 Å². The Bertz CT molecular complexity index is 216. The molecule has 0 amide bonds. The summed E-state index contributed by atoms with van der Waals surface area (Å²) in [6, 6.07) is 8.23. The number of benzene rings is 1. The second kappa shape index (κ2) is 3.99. The molecule has 0 saturated heterocycles. The van der Waals surface area contributed by atoms with Crippen LogP contribution in [0.25, 0.3) is 0 Å². The zero-order valence-corrected chi connectivity index (χ0v) is 9.29. The first-order chi connectivity index (χ1) is 5.24. The molecule has 0 aromatic heterocycles. The fourth-order valence-electron chi connectivity index (χ4n) is 0.882. The molecule has 0 fully saturated rings. The SMILES string of the molecule is COc1ccc(C(C)[TeH])cc1. The van der Waals surface area contributed by atoms with Gasteiger partial charge in [-0.15, -0.1) is 0 Å². The van der Waals surface area contributed by atoms with Crippen LogP contribution in [-0.2, 0) is 0 Å². The molecule has 1 aromatic rings. The van der Waals surface area contributed by atoms with Gasteiger partial charge in [0.1, 0.15) is 0 Å². The Morgan fingerprint density at radius 1 is 1.27 bits per heavy atom. The Balaban J connectivity index is 2.83. The molecular weight excluding hydrogens is 252 g/mol. The molecule has 1 atom stereocenters. The van der Waals surface area contributed by atoms with Gasteiger partial charge in [-0.2, -0.15) is 0 Å². The first-order valence-electron chi connectivity index (χ1n) is 3.56.